The minimum Gasteiger partial charge on any atom is -0.465 e. The van der Waals surface area contributed by atoms with Crippen molar-refractivity contribution in [3.8, 4) is 0 Å². The van der Waals surface area contributed by atoms with E-state index < -0.39 is 0 Å². The Hall–Kier alpha value is -1.32. The van der Waals surface area contributed by atoms with Crippen LogP contribution in [0.2, 0.25) is 0 Å². The number of carbonyl (C=O) groups is 1. The van der Waals surface area contributed by atoms with Crippen molar-refractivity contribution < 1.29 is 14.7 Å². The highest BCUT2D eigenvalue weighted by Crippen LogP contribution is 2.77. The van der Waals surface area contributed by atoms with E-state index in [0.717, 1.165) is 18.6 Å². The Morgan fingerprint density at radius 1 is 0.944 bits per heavy atom. The molecule has 0 amide bonds. The lowest BCUT2D eigenvalue weighted by atomic mass is 9.32. The van der Waals surface area contributed by atoms with Crippen LogP contribution in [-0.4, -0.2) is 23.5 Å². The third-order valence-electron chi connectivity index (χ3n) is 13.7. The van der Waals surface area contributed by atoms with Crippen molar-refractivity contribution in [3.05, 3.63) is 12.2 Å². The normalized spacial score (nSPS) is 50.4. The maximum atomic E-state index is 11.9. The zero-order valence-electron chi connectivity index (χ0n) is 24.1. The van der Waals surface area contributed by atoms with Crippen molar-refractivity contribution in [3.63, 3.8) is 0 Å². The van der Waals surface area contributed by atoms with Crippen LogP contribution in [-0.2, 0) is 9.53 Å². The number of rotatable bonds is 3. The number of hydrogen-bond donors (Lipinski definition) is 1. The first-order valence-corrected chi connectivity index (χ1v) is 14.8. The van der Waals surface area contributed by atoms with E-state index in [1.165, 1.54) is 56.9 Å². The molecular weight excluding hydrogens is 446 g/mol. The fourth-order valence-electron chi connectivity index (χ4n) is 11.8. The van der Waals surface area contributed by atoms with E-state index in [0.29, 0.717) is 47.0 Å². The van der Waals surface area contributed by atoms with Crippen LogP contribution in [0.3, 0.4) is 0 Å². The molecule has 0 aromatic heterocycles. The Morgan fingerprint density at radius 2 is 1.67 bits per heavy atom. The van der Waals surface area contributed by atoms with Gasteiger partial charge in [0.2, 0.25) is 0 Å². The Balaban J connectivity index is 1.53. The number of ether oxygens (including phenoxy) is 1. The molecule has 0 aromatic carbocycles. The van der Waals surface area contributed by atoms with Gasteiger partial charge in [-0.25, -0.2) is 0 Å². The summed E-state index contributed by atoms with van der Waals surface area (Å²) in [6.07, 6.45) is 12.0. The fraction of sp³-hybridized carbons (Fsp3) is 0.875. The Morgan fingerprint density at radius 3 is 2.31 bits per heavy atom. The van der Waals surface area contributed by atoms with Gasteiger partial charge in [-0.1, -0.05) is 51.9 Å². The Bertz CT molecular complexity index is 968. The summed E-state index contributed by atoms with van der Waals surface area (Å²) in [6.45, 7) is 21.5. The zero-order chi connectivity index (χ0) is 26.3. The second kappa shape index (κ2) is 8.34. The monoisotopic (exact) mass is 497 g/mol. The minimum atomic E-state index is -0.136. The SMILES string of the molecule is C=C(C)[C@@H]1CC[C@]2(COC(C)=O)CC[C@]3(C)[C@H](CC[C@@H]4[C@@]5(C)CC/C(=N/O)C(C)(C)[C@@H]5CC[C@]43C)[C@H]12. The first kappa shape index (κ1) is 26.3. The van der Waals surface area contributed by atoms with Crippen LogP contribution in [0.4, 0.5) is 0 Å². The molecule has 1 N–H and O–H groups in total. The van der Waals surface area contributed by atoms with Crippen molar-refractivity contribution >= 4 is 11.7 Å². The molecule has 202 valence electrons. The molecule has 0 saturated heterocycles. The molecule has 0 spiro atoms. The smallest absolute Gasteiger partial charge is 0.302 e. The summed E-state index contributed by atoms with van der Waals surface area (Å²) in [6, 6.07) is 0. The summed E-state index contributed by atoms with van der Waals surface area (Å²) in [4.78, 5) is 11.9. The lowest BCUT2D eigenvalue weighted by Crippen LogP contribution is -2.66. The van der Waals surface area contributed by atoms with Crippen molar-refractivity contribution in [2.24, 2.45) is 61.8 Å². The molecule has 9 atom stereocenters. The van der Waals surface area contributed by atoms with E-state index in [4.69, 9.17) is 4.74 Å². The van der Waals surface area contributed by atoms with E-state index in [1.54, 1.807) is 6.92 Å². The summed E-state index contributed by atoms with van der Waals surface area (Å²) in [5, 5.41) is 13.6. The fourth-order valence-corrected chi connectivity index (χ4v) is 11.8. The Kier molecular flexibility index (Phi) is 6.09. The molecule has 0 unspecified atom stereocenters. The van der Waals surface area contributed by atoms with Crippen molar-refractivity contribution in [2.75, 3.05) is 6.61 Å². The van der Waals surface area contributed by atoms with Gasteiger partial charge in [0.15, 0.2) is 0 Å². The van der Waals surface area contributed by atoms with Crippen LogP contribution in [0.5, 0.6) is 0 Å². The van der Waals surface area contributed by atoms with Crippen molar-refractivity contribution in [1.82, 2.24) is 0 Å². The molecule has 5 aliphatic carbocycles. The summed E-state index contributed by atoms with van der Waals surface area (Å²) in [5.74, 6) is 2.93. The molecule has 0 heterocycles. The molecule has 0 bridgehead atoms. The topological polar surface area (TPSA) is 58.9 Å². The molecule has 5 fully saturated rings. The Labute approximate surface area is 219 Å². The van der Waals surface area contributed by atoms with E-state index in [9.17, 15) is 10.0 Å². The molecule has 4 nitrogen and oxygen atoms in total. The molecule has 5 rings (SSSR count). The van der Waals surface area contributed by atoms with Gasteiger partial charge >= 0.3 is 5.97 Å². The average Bonchev–Trinajstić information content (AvgIpc) is 3.18. The zero-order valence-corrected chi connectivity index (χ0v) is 24.1. The minimum absolute atomic E-state index is 0.0386. The molecule has 0 aliphatic heterocycles. The summed E-state index contributed by atoms with van der Waals surface area (Å²) >= 11 is 0. The predicted octanol–water partition coefficient (Wildman–Crippen LogP) is 8.04. The maximum Gasteiger partial charge on any atom is 0.302 e. The van der Waals surface area contributed by atoms with Crippen LogP contribution >= 0.6 is 0 Å². The van der Waals surface area contributed by atoms with Gasteiger partial charge in [-0.3, -0.25) is 4.79 Å². The van der Waals surface area contributed by atoms with Gasteiger partial charge in [-0.2, -0.15) is 0 Å². The summed E-state index contributed by atoms with van der Waals surface area (Å²) < 4.78 is 5.79. The van der Waals surface area contributed by atoms with Gasteiger partial charge in [-0.05, 0) is 117 Å². The van der Waals surface area contributed by atoms with Crippen LogP contribution in [0.1, 0.15) is 113 Å². The van der Waals surface area contributed by atoms with Gasteiger partial charge < -0.3 is 9.94 Å². The standard InChI is InChI=1S/C32H51NO3/c1-20(2)22-11-16-32(19-36-21(3)34)18-17-30(7)23(27(22)32)9-10-25-29(6)14-13-26(33-35)28(4,5)24(29)12-15-31(25,30)8/h22-25,27,35H,1,9-19H2,2-8H3/b33-26-/t22-,23+,24-,25+,27-,29-,30+,31+,32+/m0/s1. The quantitative estimate of drug-likeness (QED) is 0.186. The summed E-state index contributed by atoms with van der Waals surface area (Å²) in [5.41, 5.74) is 3.32. The first-order chi connectivity index (χ1) is 16.8. The third kappa shape index (κ3) is 3.30. The highest BCUT2D eigenvalue weighted by molar-refractivity contribution is 5.90. The first-order valence-electron chi connectivity index (χ1n) is 14.8. The van der Waals surface area contributed by atoms with Gasteiger partial charge in [0.1, 0.15) is 0 Å². The number of hydrogen-bond acceptors (Lipinski definition) is 4. The number of allylic oxidation sites excluding steroid dienone is 1. The maximum absolute atomic E-state index is 11.9. The average molecular weight is 498 g/mol. The van der Waals surface area contributed by atoms with Crippen LogP contribution in [0.15, 0.2) is 17.3 Å². The van der Waals surface area contributed by atoms with E-state index >= 15 is 0 Å². The van der Waals surface area contributed by atoms with Crippen LogP contribution in [0.25, 0.3) is 0 Å². The van der Waals surface area contributed by atoms with Gasteiger partial charge in [0.05, 0.1) is 12.3 Å². The number of esters is 1. The number of carbonyl (C=O) groups excluding carboxylic acids is 1. The highest BCUT2D eigenvalue weighted by Gasteiger charge is 2.70. The van der Waals surface area contributed by atoms with Crippen molar-refractivity contribution in [2.45, 2.75) is 113 Å². The van der Waals surface area contributed by atoms with E-state index in [1.807, 2.05) is 0 Å². The second-order valence-corrected chi connectivity index (χ2v) is 15.1. The van der Waals surface area contributed by atoms with Gasteiger partial charge in [0.25, 0.3) is 0 Å². The molecular formula is C32H51NO3. The molecule has 5 aliphatic rings. The molecule has 36 heavy (non-hydrogen) atoms. The van der Waals surface area contributed by atoms with E-state index in [2.05, 4.69) is 53.3 Å². The molecule has 4 heteroatoms. The highest BCUT2D eigenvalue weighted by atomic mass is 16.5. The lowest BCUT2D eigenvalue weighted by Gasteiger charge is -2.72. The van der Waals surface area contributed by atoms with Gasteiger partial charge in [-0.15, -0.1) is 0 Å². The van der Waals surface area contributed by atoms with Crippen molar-refractivity contribution in [1.29, 1.82) is 0 Å². The van der Waals surface area contributed by atoms with Crippen LogP contribution < -0.4 is 0 Å². The van der Waals surface area contributed by atoms with Crippen LogP contribution in [0, 0.1) is 56.7 Å². The summed E-state index contributed by atoms with van der Waals surface area (Å²) in [7, 11) is 0. The van der Waals surface area contributed by atoms with Gasteiger partial charge in [0, 0.05) is 17.8 Å². The molecule has 0 aromatic rings. The number of nitrogens with zero attached hydrogens (tertiary/aromatic N) is 1. The largest absolute Gasteiger partial charge is 0.465 e. The number of fused-ring (bicyclic) bond motifs is 7. The third-order valence-corrected chi connectivity index (χ3v) is 13.7. The molecule has 5 saturated carbocycles. The van der Waals surface area contributed by atoms with E-state index in [-0.39, 0.29) is 22.2 Å². The lowest BCUT2D eigenvalue weighted by molar-refractivity contribution is -0.231. The molecule has 0 radical (unpaired) electrons. The predicted molar refractivity (Wildman–Crippen MR) is 145 cm³/mol. The second-order valence-electron chi connectivity index (χ2n) is 15.1. The number of oxime groups is 1.